The Labute approximate surface area is 215 Å². The molecule has 0 aromatic heterocycles. The van der Waals surface area contributed by atoms with Gasteiger partial charge in [-0.15, -0.1) is 0 Å². The Bertz CT molecular complexity index is 684. The molecule has 0 aromatic carbocycles. The van der Waals surface area contributed by atoms with E-state index < -0.39 is 54.5 Å². The molecule has 1 rings (SSSR count). The average Bonchev–Trinajstić information content (AvgIpc) is 2.78. The van der Waals surface area contributed by atoms with Crippen LogP contribution in [0.1, 0.15) is 98.8 Å². The van der Waals surface area contributed by atoms with E-state index in [-0.39, 0.29) is 6.61 Å². The molecule has 0 unspecified atom stereocenters. The predicted octanol–water partition coefficient (Wildman–Crippen LogP) is 3.58. The minimum Gasteiger partial charge on any atom is -0.463 e. The summed E-state index contributed by atoms with van der Waals surface area (Å²) >= 11 is 0. The first-order valence-electron chi connectivity index (χ1n) is 13.2. The van der Waals surface area contributed by atoms with Crippen LogP contribution in [0.25, 0.3) is 0 Å². The molecule has 0 radical (unpaired) electrons. The first-order chi connectivity index (χ1) is 17.1. The summed E-state index contributed by atoms with van der Waals surface area (Å²) in [7, 11) is 0. The lowest BCUT2D eigenvalue weighted by Gasteiger charge is -2.44. The van der Waals surface area contributed by atoms with Gasteiger partial charge in [0.25, 0.3) is 0 Å². The molecule has 0 bridgehead atoms. The number of nitrogens with one attached hydrogen (secondary N) is 1. The molecule has 1 amide bonds. The third kappa shape index (κ3) is 13.2. The van der Waals surface area contributed by atoms with Gasteiger partial charge >= 0.3 is 17.9 Å². The maximum atomic E-state index is 11.9. The van der Waals surface area contributed by atoms with Crippen LogP contribution >= 0.6 is 0 Å². The van der Waals surface area contributed by atoms with E-state index in [4.69, 9.17) is 23.7 Å². The van der Waals surface area contributed by atoms with Crippen molar-refractivity contribution in [1.29, 1.82) is 0 Å². The number of carbonyl (C=O) groups is 4. The molecule has 1 fully saturated rings. The summed E-state index contributed by atoms with van der Waals surface area (Å²) in [4.78, 5) is 47.0. The monoisotopic (exact) mass is 515 g/mol. The molecule has 0 spiro atoms. The second-order valence-electron chi connectivity index (χ2n) is 9.27. The van der Waals surface area contributed by atoms with Gasteiger partial charge in [0.2, 0.25) is 5.91 Å². The van der Waals surface area contributed by atoms with Crippen LogP contribution in [0, 0.1) is 0 Å². The minimum absolute atomic E-state index is 0.240. The van der Waals surface area contributed by atoms with Gasteiger partial charge < -0.3 is 29.0 Å². The van der Waals surface area contributed by atoms with Crippen LogP contribution in [0.2, 0.25) is 0 Å². The number of rotatable bonds is 17. The second kappa shape index (κ2) is 18.1. The molecule has 5 atom stereocenters. The number of hydrogen-bond donors (Lipinski definition) is 1. The van der Waals surface area contributed by atoms with Gasteiger partial charge in [0.15, 0.2) is 18.5 Å². The molecule has 1 aliphatic heterocycles. The largest absolute Gasteiger partial charge is 0.463 e. The van der Waals surface area contributed by atoms with Crippen LogP contribution in [0.15, 0.2) is 0 Å². The lowest BCUT2D eigenvalue weighted by molar-refractivity contribution is -0.277. The van der Waals surface area contributed by atoms with Gasteiger partial charge in [-0.1, -0.05) is 64.7 Å². The highest BCUT2D eigenvalue weighted by Gasteiger charge is 2.51. The first-order valence-corrected chi connectivity index (χ1v) is 13.2. The molecular formula is C26H45NO9. The van der Waals surface area contributed by atoms with Crippen molar-refractivity contribution in [2.75, 3.05) is 13.2 Å². The third-order valence-electron chi connectivity index (χ3n) is 5.85. The quantitative estimate of drug-likeness (QED) is 0.176. The van der Waals surface area contributed by atoms with E-state index in [1.54, 1.807) is 0 Å². The second-order valence-corrected chi connectivity index (χ2v) is 9.27. The van der Waals surface area contributed by atoms with Gasteiger partial charge in [-0.3, -0.25) is 19.2 Å². The Morgan fingerprint density at radius 1 is 0.722 bits per heavy atom. The van der Waals surface area contributed by atoms with Gasteiger partial charge in [0.05, 0.1) is 0 Å². The van der Waals surface area contributed by atoms with E-state index in [2.05, 4.69) is 12.2 Å². The molecule has 0 aromatic rings. The first kappa shape index (κ1) is 31.8. The fraction of sp³-hybridized carbons (Fsp3) is 0.846. The summed E-state index contributed by atoms with van der Waals surface area (Å²) < 4.78 is 27.9. The summed E-state index contributed by atoms with van der Waals surface area (Å²) in [5.74, 6) is -2.21. The molecule has 36 heavy (non-hydrogen) atoms. The highest BCUT2D eigenvalue weighted by Crippen LogP contribution is 2.28. The number of hydrogen-bond acceptors (Lipinski definition) is 9. The molecule has 1 saturated heterocycles. The Hall–Kier alpha value is -2.20. The molecular weight excluding hydrogens is 470 g/mol. The maximum Gasteiger partial charge on any atom is 0.303 e. The zero-order valence-electron chi connectivity index (χ0n) is 22.5. The van der Waals surface area contributed by atoms with Crippen LogP contribution < -0.4 is 5.32 Å². The molecule has 1 aliphatic rings. The lowest BCUT2D eigenvalue weighted by atomic mass is 9.96. The Kier molecular flexibility index (Phi) is 16.0. The fourth-order valence-electron chi connectivity index (χ4n) is 4.22. The third-order valence-corrected chi connectivity index (χ3v) is 5.85. The van der Waals surface area contributed by atoms with Crippen LogP contribution in [0.3, 0.4) is 0 Å². The molecule has 208 valence electrons. The zero-order valence-corrected chi connectivity index (χ0v) is 22.5. The van der Waals surface area contributed by atoms with Crippen LogP contribution in [-0.2, 0) is 42.9 Å². The van der Waals surface area contributed by atoms with Crippen molar-refractivity contribution in [2.45, 2.75) is 129 Å². The summed E-state index contributed by atoms with van der Waals surface area (Å²) in [5.41, 5.74) is 0. The molecule has 10 heteroatoms. The summed E-state index contributed by atoms with van der Waals surface area (Å²) in [5, 5.41) is 2.70. The molecule has 0 aliphatic carbocycles. The van der Waals surface area contributed by atoms with Crippen molar-refractivity contribution in [1.82, 2.24) is 5.32 Å². The van der Waals surface area contributed by atoms with E-state index >= 15 is 0 Å². The van der Waals surface area contributed by atoms with Crippen LogP contribution in [0.4, 0.5) is 0 Å². The normalized spacial score (nSPS) is 23.5. The zero-order chi connectivity index (χ0) is 26.9. The smallest absolute Gasteiger partial charge is 0.303 e. The predicted molar refractivity (Wildman–Crippen MR) is 132 cm³/mol. The number of unbranched alkanes of at least 4 members (excludes halogenated alkanes) is 9. The molecule has 1 heterocycles. The topological polar surface area (TPSA) is 126 Å². The van der Waals surface area contributed by atoms with E-state index in [1.165, 1.54) is 72.6 Å². The number of carbonyl (C=O) groups excluding carboxylic acids is 4. The van der Waals surface area contributed by atoms with Crippen LogP contribution in [-0.4, -0.2) is 67.7 Å². The molecule has 0 saturated carbocycles. The average molecular weight is 516 g/mol. The Morgan fingerprint density at radius 2 is 1.25 bits per heavy atom. The van der Waals surface area contributed by atoms with E-state index in [0.717, 1.165) is 19.3 Å². The number of ether oxygens (including phenoxy) is 5. The minimum atomic E-state index is -1.11. The standard InChI is InChI=1S/C26H45NO9/c1-6-7-8-9-10-11-12-13-14-15-16-32-26-23(27-18(2)28)25(35-21(5)31)24(34-20(4)30)22(36-26)17-33-19(3)29/h22-26H,6-17H2,1-5H3,(H,27,28)/t22-,23+,24+,25-,26+/m0/s1. The van der Waals surface area contributed by atoms with Crippen molar-refractivity contribution >= 4 is 23.8 Å². The van der Waals surface area contributed by atoms with E-state index in [0.29, 0.717) is 6.61 Å². The van der Waals surface area contributed by atoms with Gasteiger partial charge in [0, 0.05) is 34.3 Å². The highest BCUT2D eigenvalue weighted by atomic mass is 16.7. The van der Waals surface area contributed by atoms with Crippen molar-refractivity contribution in [3.05, 3.63) is 0 Å². The Morgan fingerprint density at radius 3 is 1.75 bits per heavy atom. The summed E-state index contributed by atoms with van der Waals surface area (Å²) in [6, 6.07) is -0.924. The lowest BCUT2D eigenvalue weighted by Crippen LogP contribution is -2.66. The van der Waals surface area contributed by atoms with Gasteiger partial charge in [0.1, 0.15) is 18.8 Å². The maximum absolute atomic E-state index is 11.9. The number of esters is 3. The van der Waals surface area contributed by atoms with Gasteiger partial charge in [-0.2, -0.15) is 0 Å². The summed E-state index contributed by atoms with van der Waals surface area (Å²) in [6.45, 7) is 7.31. The van der Waals surface area contributed by atoms with E-state index in [9.17, 15) is 19.2 Å². The Balaban J connectivity index is 2.77. The highest BCUT2D eigenvalue weighted by molar-refractivity contribution is 5.73. The molecule has 1 N–H and O–H groups in total. The summed E-state index contributed by atoms with van der Waals surface area (Å²) in [6.07, 6.45) is 7.60. The fourth-order valence-corrected chi connectivity index (χ4v) is 4.22. The van der Waals surface area contributed by atoms with Crippen molar-refractivity contribution < 1.29 is 42.9 Å². The van der Waals surface area contributed by atoms with E-state index in [1.807, 2.05) is 0 Å². The van der Waals surface area contributed by atoms with Crippen molar-refractivity contribution in [2.24, 2.45) is 0 Å². The van der Waals surface area contributed by atoms with Gasteiger partial charge in [-0.05, 0) is 6.42 Å². The number of amides is 1. The van der Waals surface area contributed by atoms with Gasteiger partial charge in [-0.25, -0.2) is 0 Å². The van der Waals surface area contributed by atoms with Crippen molar-refractivity contribution in [3.8, 4) is 0 Å². The van der Waals surface area contributed by atoms with Crippen LogP contribution in [0.5, 0.6) is 0 Å². The molecule has 10 nitrogen and oxygen atoms in total. The SMILES string of the molecule is CCCCCCCCCCCCO[C@@H]1O[C@@H](COC(C)=O)[C@@H](OC(C)=O)[C@@H](OC(C)=O)[C@H]1NC(C)=O. The van der Waals surface area contributed by atoms with Crippen molar-refractivity contribution in [3.63, 3.8) is 0 Å².